The molecule has 0 fully saturated rings. The van der Waals surface area contributed by atoms with Crippen LogP contribution in [-0.4, -0.2) is 22.8 Å². The van der Waals surface area contributed by atoms with E-state index < -0.39 is 6.04 Å². The molecular weight excluding hydrogens is 430 g/mol. The van der Waals surface area contributed by atoms with Crippen molar-refractivity contribution in [3.8, 4) is 0 Å². The van der Waals surface area contributed by atoms with Crippen LogP contribution in [0.25, 0.3) is 10.2 Å². The van der Waals surface area contributed by atoms with Crippen molar-refractivity contribution in [1.29, 1.82) is 0 Å². The minimum absolute atomic E-state index is 0.0172. The van der Waals surface area contributed by atoms with E-state index in [1.165, 1.54) is 16.9 Å². The number of unbranched alkanes of at least 4 members (excludes halogenated alkanes) is 1. The number of thiazole rings is 1. The van der Waals surface area contributed by atoms with Crippen molar-refractivity contribution in [3.05, 3.63) is 59.2 Å². The Balaban J connectivity index is 1.70. The van der Waals surface area contributed by atoms with E-state index in [1.807, 2.05) is 44.2 Å². The van der Waals surface area contributed by atoms with Gasteiger partial charge in [0, 0.05) is 5.56 Å². The average Bonchev–Trinajstić information content (AvgIpc) is 3.16. The highest BCUT2D eigenvalue weighted by Gasteiger charge is 2.26. The SMILES string of the molecule is CCCCc1ccc2nc(NC(=O)[C@H](NC(=O)c3ccc(C(C)(C)C)cc3)C(C)C)sc2c1. The Bertz CT molecular complexity index is 1110. The molecule has 0 radical (unpaired) electrons. The molecule has 6 heteroatoms. The summed E-state index contributed by atoms with van der Waals surface area (Å²) in [6.07, 6.45) is 3.36. The molecule has 5 nitrogen and oxygen atoms in total. The van der Waals surface area contributed by atoms with Gasteiger partial charge in [-0.25, -0.2) is 4.98 Å². The van der Waals surface area contributed by atoms with Gasteiger partial charge in [-0.05, 0) is 59.6 Å². The zero-order valence-electron chi connectivity index (χ0n) is 20.5. The third-order valence-corrected chi connectivity index (χ3v) is 6.68. The number of fused-ring (bicyclic) bond motifs is 1. The molecule has 2 amide bonds. The number of aryl methyl sites for hydroxylation is 1. The van der Waals surface area contributed by atoms with Crippen LogP contribution in [0.4, 0.5) is 5.13 Å². The quantitative estimate of drug-likeness (QED) is 0.408. The number of aromatic nitrogens is 1. The van der Waals surface area contributed by atoms with Gasteiger partial charge in [-0.15, -0.1) is 0 Å². The van der Waals surface area contributed by atoms with Crippen molar-refractivity contribution in [2.24, 2.45) is 5.92 Å². The lowest BCUT2D eigenvalue weighted by molar-refractivity contribution is -0.118. The van der Waals surface area contributed by atoms with Crippen LogP contribution in [0.2, 0.25) is 0 Å². The molecule has 0 aliphatic heterocycles. The molecule has 2 N–H and O–H groups in total. The van der Waals surface area contributed by atoms with Gasteiger partial charge in [0.05, 0.1) is 10.2 Å². The number of anilines is 1. The molecule has 33 heavy (non-hydrogen) atoms. The summed E-state index contributed by atoms with van der Waals surface area (Å²) in [6, 6.07) is 13.2. The molecule has 3 aromatic rings. The fraction of sp³-hybridized carbons (Fsp3) is 0.444. The fourth-order valence-electron chi connectivity index (χ4n) is 3.62. The molecule has 176 valence electrons. The third-order valence-electron chi connectivity index (χ3n) is 5.75. The van der Waals surface area contributed by atoms with Crippen molar-refractivity contribution in [2.45, 2.75) is 72.3 Å². The van der Waals surface area contributed by atoms with Crippen LogP contribution in [0.15, 0.2) is 42.5 Å². The highest BCUT2D eigenvalue weighted by molar-refractivity contribution is 7.22. The van der Waals surface area contributed by atoms with Gasteiger partial charge in [-0.2, -0.15) is 0 Å². The topological polar surface area (TPSA) is 71.1 Å². The molecular formula is C27H35N3O2S. The molecule has 0 saturated carbocycles. The first-order valence-electron chi connectivity index (χ1n) is 11.7. The normalized spacial score (nSPS) is 12.7. The number of nitrogens with one attached hydrogen (secondary N) is 2. The predicted octanol–water partition coefficient (Wildman–Crippen LogP) is 6.33. The smallest absolute Gasteiger partial charge is 0.251 e. The van der Waals surface area contributed by atoms with Gasteiger partial charge in [0.25, 0.3) is 5.91 Å². The van der Waals surface area contributed by atoms with Crippen LogP contribution in [-0.2, 0) is 16.6 Å². The molecule has 1 heterocycles. The van der Waals surface area contributed by atoms with Crippen LogP contribution < -0.4 is 10.6 Å². The fourth-order valence-corrected chi connectivity index (χ4v) is 4.56. The molecule has 0 aliphatic rings. The van der Waals surface area contributed by atoms with E-state index in [0.29, 0.717) is 10.7 Å². The summed E-state index contributed by atoms with van der Waals surface area (Å²) in [5.41, 5.74) is 3.88. The van der Waals surface area contributed by atoms with E-state index in [-0.39, 0.29) is 23.1 Å². The molecule has 3 rings (SSSR count). The first kappa shape index (κ1) is 24.9. The highest BCUT2D eigenvalue weighted by Crippen LogP contribution is 2.28. The maximum Gasteiger partial charge on any atom is 0.251 e. The number of nitrogens with zero attached hydrogens (tertiary/aromatic N) is 1. The number of carbonyl (C=O) groups excluding carboxylic acids is 2. The van der Waals surface area contributed by atoms with E-state index in [0.717, 1.165) is 35.0 Å². The Morgan fingerprint density at radius 3 is 2.36 bits per heavy atom. The summed E-state index contributed by atoms with van der Waals surface area (Å²) in [5.74, 6) is -0.582. The number of hydrogen-bond donors (Lipinski definition) is 2. The largest absolute Gasteiger partial charge is 0.340 e. The first-order chi connectivity index (χ1) is 15.6. The zero-order valence-corrected chi connectivity index (χ0v) is 21.3. The Morgan fingerprint density at radius 1 is 1.06 bits per heavy atom. The van der Waals surface area contributed by atoms with Gasteiger partial charge >= 0.3 is 0 Å². The van der Waals surface area contributed by atoms with Crippen LogP contribution in [0.5, 0.6) is 0 Å². The third kappa shape index (κ3) is 6.41. The predicted molar refractivity (Wildman–Crippen MR) is 138 cm³/mol. The average molecular weight is 466 g/mol. The molecule has 1 aromatic heterocycles. The monoisotopic (exact) mass is 465 g/mol. The number of hydrogen-bond acceptors (Lipinski definition) is 4. The summed E-state index contributed by atoms with van der Waals surface area (Å²) in [4.78, 5) is 30.4. The summed E-state index contributed by atoms with van der Waals surface area (Å²) in [5, 5.41) is 6.37. The Kier molecular flexibility index (Phi) is 7.90. The minimum Gasteiger partial charge on any atom is -0.340 e. The van der Waals surface area contributed by atoms with Crippen LogP contribution in [0.1, 0.15) is 75.9 Å². The Labute approximate surface area is 201 Å². The molecule has 0 spiro atoms. The van der Waals surface area contributed by atoms with E-state index in [2.05, 4.69) is 55.4 Å². The number of rotatable bonds is 8. The van der Waals surface area contributed by atoms with Crippen molar-refractivity contribution < 1.29 is 9.59 Å². The summed E-state index contributed by atoms with van der Waals surface area (Å²) >= 11 is 1.47. The van der Waals surface area contributed by atoms with Crippen molar-refractivity contribution in [1.82, 2.24) is 10.3 Å². The van der Waals surface area contributed by atoms with Gasteiger partial charge in [-0.3, -0.25) is 9.59 Å². The molecule has 1 atom stereocenters. The second-order valence-corrected chi connectivity index (χ2v) is 11.0. The van der Waals surface area contributed by atoms with Crippen LogP contribution >= 0.6 is 11.3 Å². The minimum atomic E-state index is -0.660. The van der Waals surface area contributed by atoms with E-state index in [9.17, 15) is 9.59 Å². The lowest BCUT2D eigenvalue weighted by atomic mass is 9.86. The standard InChI is InChI=1S/C27H35N3O2S/c1-7-8-9-18-10-15-21-22(16-18)33-26(28-21)30-25(32)23(17(2)3)29-24(31)19-11-13-20(14-12-19)27(4,5)6/h10-17,23H,7-9H2,1-6H3,(H,29,31)(H,28,30,32)/t23-/m1/s1. The second kappa shape index (κ2) is 10.5. The molecule has 0 unspecified atom stereocenters. The molecule has 0 saturated heterocycles. The van der Waals surface area contributed by atoms with Crippen molar-refractivity contribution >= 4 is 38.5 Å². The zero-order chi connectivity index (χ0) is 24.2. The van der Waals surface area contributed by atoms with E-state index in [1.54, 1.807) is 0 Å². The van der Waals surface area contributed by atoms with Gasteiger partial charge < -0.3 is 10.6 Å². The van der Waals surface area contributed by atoms with Crippen LogP contribution in [0.3, 0.4) is 0 Å². The van der Waals surface area contributed by atoms with Crippen molar-refractivity contribution in [3.63, 3.8) is 0 Å². The summed E-state index contributed by atoms with van der Waals surface area (Å²) in [6.45, 7) is 12.4. The second-order valence-electron chi connectivity index (χ2n) is 9.94. The van der Waals surface area contributed by atoms with Crippen LogP contribution in [0, 0.1) is 5.92 Å². The lowest BCUT2D eigenvalue weighted by Crippen LogP contribution is -2.47. The Morgan fingerprint density at radius 2 is 1.76 bits per heavy atom. The van der Waals surface area contributed by atoms with Gasteiger partial charge in [0.15, 0.2) is 5.13 Å². The molecule has 0 bridgehead atoms. The summed E-state index contributed by atoms with van der Waals surface area (Å²) < 4.78 is 1.06. The number of carbonyl (C=O) groups is 2. The van der Waals surface area contributed by atoms with Crippen molar-refractivity contribution in [2.75, 3.05) is 5.32 Å². The van der Waals surface area contributed by atoms with Gasteiger partial charge in [-0.1, -0.05) is 77.5 Å². The molecule has 0 aliphatic carbocycles. The maximum absolute atomic E-state index is 13.0. The maximum atomic E-state index is 13.0. The van der Waals surface area contributed by atoms with E-state index >= 15 is 0 Å². The van der Waals surface area contributed by atoms with Gasteiger partial charge in [0.2, 0.25) is 5.91 Å². The highest BCUT2D eigenvalue weighted by atomic mass is 32.1. The van der Waals surface area contributed by atoms with E-state index in [4.69, 9.17) is 0 Å². The van der Waals surface area contributed by atoms with Gasteiger partial charge in [0.1, 0.15) is 6.04 Å². The lowest BCUT2D eigenvalue weighted by Gasteiger charge is -2.22. The first-order valence-corrected chi connectivity index (χ1v) is 12.5. The number of benzene rings is 2. The summed E-state index contributed by atoms with van der Waals surface area (Å²) in [7, 11) is 0. The number of amides is 2. The molecule has 2 aromatic carbocycles. The Hall–Kier alpha value is -2.73.